The standard InChI is InChI=1S/C20H13BrN2O2/c21-16-10-3-4-11-17(16)22-12-18-20(24)25-19(23-18)15-9-5-7-13-6-1-2-8-14(13)15/h1-12,24H. The van der Waals surface area contributed by atoms with Crippen molar-refractivity contribution in [1.29, 1.82) is 0 Å². The number of aromatic hydroxyl groups is 1. The van der Waals surface area contributed by atoms with E-state index in [1.165, 1.54) is 6.21 Å². The molecule has 0 aliphatic heterocycles. The van der Waals surface area contributed by atoms with Crippen LogP contribution in [0.3, 0.4) is 0 Å². The van der Waals surface area contributed by atoms with Crippen molar-refractivity contribution in [2.45, 2.75) is 0 Å². The van der Waals surface area contributed by atoms with Gasteiger partial charge in [-0.2, -0.15) is 0 Å². The summed E-state index contributed by atoms with van der Waals surface area (Å²) in [6.45, 7) is 0. The van der Waals surface area contributed by atoms with Crippen LogP contribution in [0.25, 0.3) is 22.2 Å². The topological polar surface area (TPSA) is 58.6 Å². The minimum atomic E-state index is -0.251. The third-order valence-corrected chi connectivity index (χ3v) is 4.50. The first kappa shape index (κ1) is 15.6. The van der Waals surface area contributed by atoms with Crippen molar-refractivity contribution in [2.24, 2.45) is 4.99 Å². The zero-order chi connectivity index (χ0) is 17.2. The van der Waals surface area contributed by atoms with E-state index in [1.807, 2.05) is 66.7 Å². The van der Waals surface area contributed by atoms with E-state index >= 15 is 0 Å². The lowest BCUT2D eigenvalue weighted by atomic mass is 10.0. The fraction of sp³-hybridized carbons (Fsp3) is 0. The summed E-state index contributed by atoms with van der Waals surface area (Å²) >= 11 is 3.44. The zero-order valence-electron chi connectivity index (χ0n) is 13.1. The summed E-state index contributed by atoms with van der Waals surface area (Å²) in [6.07, 6.45) is 1.49. The minimum Gasteiger partial charge on any atom is -0.479 e. The summed E-state index contributed by atoms with van der Waals surface area (Å²) in [4.78, 5) is 8.75. The van der Waals surface area contributed by atoms with Crippen LogP contribution in [0.1, 0.15) is 5.69 Å². The number of hydrogen-bond acceptors (Lipinski definition) is 4. The first-order valence-electron chi connectivity index (χ1n) is 7.69. The monoisotopic (exact) mass is 392 g/mol. The molecule has 1 aromatic heterocycles. The Labute approximate surface area is 152 Å². The number of aliphatic imine (C=N–C) groups is 1. The summed E-state index contributed by atoms with van der Waals surface area (Å²) in [5.41, 5.74) is 1.87. The lowest BCUT2D eigenvalue weighted by molar-refractivity contribution is 0.337. The molecule has 1 N–H and O–H groups in total. The molecule has 5 heteroatoms. The molecule has 0 amide bonds. The van der Waals surface area contributed by atoms with E-state index in [4.69, 9.17) is 4.42 Å². The van der Waals surface area contributed by atoms with Gasteiger partial charge in [0.1, 0.15) is 0 Å². The van der Waals surface area contributed by atoms with Gasteiger partial charge in [0.05, 0.1) is 11.9 Å². The van der Waals surface area contributed by atoms with E-state index in [0.29, 0.717) is 11.6 Å². The SMILES string of the molecule is Oc1oc(-c2cccc3ccccc23)nc1C=Nc1ccccc1Br. The number of aromatic nitrogens is 1. The average molecular weight is 393 g/mol. The van der Waals surface area contributed by atoms with Crippen LogP contribution in [-0.2, 0) is 0 Å². The Kier molecular flexibility index (Phi) is 4.07. The van der Waals surface area contributed by atoms with Crippen LogP contribution in [-0.4, -0.2) is 16.3 Å². The molecule has 0 saturated heterocycles. The normalized spacial score (nSPS) is 11.4. The maximum atomic E-state index is 10.1. The number of rotatable bonds is 3. The first-order chi connectivity index (χ1) is 12.2. The number of para-hydroxylation sites is 1. The van der Waals surface area contributed by atoms with Crippen LogP contribution in [0.2, 0.25) is 0 Å². The summed E-state index contributed by atoms with van der Waals surface area (Å²) in [5.74, 6) is 0.113. The first-order valence-corrected chi connectivity index (χ1v) is 8.48. The van der Waals surface area contributed by atoms with Crippen LogP contribution >= 0.6 is 15.9 Å². The van der Waals surface area contributed by atoms with E-state index in [-0.39, 0.29) is 5.95 Å². The highest BCUT2D eigenvalue weighted by Crippen LogP contribution is 2.31. The molecular formula is C20H13BrN2O2. The third kappa shape index (κ3) is 3.06. The van der Waals surface area contributed by atoms with E-state index in [0.717, 1.165) is 26.5 Å². The second-order valence-electron chi connectivity index (χ2n) is 5.45. The number of fused-ring (bicyclic) bond motifs is 1. The lowest BCUT2D eigenvalue weighted by Crippen LogP contribution is -1.84. The van der Waals surface area contributed by atoms with Crippen molar-refractivity contribution >= 4 is 38.6 Å². The second-order valence-corrected chi connectivity index (χ2v) is 6.30. The molecule has 0 radical (unpaired) electrons. The molecule has 0 unspecified atom stereocenters. The maximum absolute atomic E-state index is 10.1. The molecule has 0 atom stereocenters. The number of oxazole rings is 1. The lowest BCUT2D eigenvalue weighted by Gasteiger charge is -2.01. The Bertz CT molecular complexity index is 1080. The van der Waals surface area contributed by atoms with Gasteiger partial charge in [-0.15, -0.1) is 0 Å². The smallest absolute Gasteiger partial charge is 0.312 e. The van der Waals surface area contributed by atoms with Crippen LogP contribution < -0.4 is 0 Å². The summed E-state index contributed by atoms with van der Waals surface area (Å²) in [5, 5.41) is 12.2. The van der Waals surface area contributed by atoms with Gasteiger partial charge in [0.2, 0.25) is 5.89 Å². The van der Waals surface area contributed by atoms with Crippen molar-refractivity contribution in [3.05, 3.63) is 76.9 Å². The van der Waals surface area contributed by atoms with E-state index in [1.54, 1.807) is 0 Å². The quantitative estimate of drug-likeness (QED) is 0.454. The Morgan fingerprint density at radius 2 is 1.72 bits per heavy atom. The molecule has 3 aromatic carbocycles. The van der Waals surface area contributed by atoms with Gasteiger partial charge in [-0.1, -0.05) is 48.5 Å². The highest BCUT2D eigenvalue weighted by Gasteiger charge is 2.14. The molecule has 0 aliphatic carbocycles. The van der Waals surface area contributed by atoms with E-state index in [2.05, 4.69) is 25.9 Å². The number of nitrogens with zero attached hydrogens (tertiary/aromatic N) is 2. The summed E-state index contributed by atoms with van der Waals surface area (Å²) in [7, 11) is 0. The Balaban J connectivity index is 1.74. The predicted octanol–water partition coefficient (Wildman–Crippen LogP) is 5.71. The van der Waals surface area contributed by atoms with Crippen molar-refractivity contribution in [3.8, 4) is 17.4 Å². The Hall–Kier alpha value is -2.92. The molecule has 0 bridgehead atoms. The Morgan fingerprint density at radius 3 is 2.60 bits per heavy atom. The highest BCUT2D eigenvalue weighted by molar-refractivity contribution is 9.10. The van der Waals surface area contributed by atoms with Gasteiger partial charge in [0, 0.05) is 10.0 Å². The number of hydrogen-bond donors (Lipinski definition) is 1. The Morgan fingerprint density at radius 1 is 0.960 bits per heavy atom. The highest BCUT2D eigenvalue weighted by atomic mass is 79.9. The van der Waals surface area contributed by atoms with Crippen LogP contribution in [0, 0.1) is 0 Å². The fourth-order valence-corrected chi connectivity index (χ4v) is 3.01. The molecule has 25 heavy (non-hydrogen) atoms. The third-order valence-electron chi connectivity index (χ3n) is 3.83. The number of benzene rings is 3. The molecular weight excluding hydrogens is 380 g/mol. The summed E-state index contributed by atoms with van der Waals surface area (Å²) in [6, 6.07) is 21.4. The van der Waals surface area contributed by atoms with Gasteiger partial charge < -0.3 is 9.52 Å². The van der Waals surface area contributed by atoms with Gasteiger partial charge in [0.15, 0.2) is 5.69 Å². The zero-order valence-corrected chi connectivity index (χ0v) is 14.6. The molecule has 122 valence electrons. The van der Waals surface area contributed by atoms with Crippen LogP contribution in [0.4, 0.5) is 5.69 Å². The van der Waals surface area contributed by atoms with Gasteiger partial charge in [-0.3, -0.25) is 4.99 Å². The molecule has 0 spiro atoms. The average Bonchev–Trinajstić information content (AvgIpc) is 3.01. The van der Waals surface area contributed by atoms with Crippen molar-refractivity contribution < 1.29 is 9.52 Å². The molecule has 0 aliphatic rings. The molecule has 4 rings (SSSR count). The summed E-state index contributed by atoms with van der Waals surface area (Å²) < 4.78 is 6.33. The van der Waals surface area contributed by atoms with Crippen molar-refractivity contribution in [1.82, 2.24) is 4.98 Å². The number of halogens is 1. The van der Waals surface area contributed by atoms with Gasteiger partial charge in [-0.25, -0.2) is 4.98 Å². The molecule has 0 saturated carbocycles. The van der Waals surface area contributed by atoms with Gasteiger partial charge >= 0.3 is 5.95 Å². The van der Waals surface area contributed by atoms with E-state index < -0.39 is 0 Å². The van der Waals surface area contributed by atoms with Crippen LogP contribution in [0.5, 0.6) is 5.95 Å². The van der Waals surface area contributed by atoms with E-state index in [9.17, 15) is 5.11 Å². The fourth-order valence-electron chi connectivity index (χ4n) is 2.62. The second kappa shape index (κ2) is 6.53. The maximum Gasteiger partial charge on any atom is 0.312 e. The molecule has 4 aromatic rings. The van der Waals surface area contributed by atoms with Gasteiger partial charge in [-0.05, 0) is 44.9 Å². The van der Waals surface area contributed by atoms with Crippen molar-refractivity contribution in [3.63, 3.8) is 0 Å². The van der Waals surface area contributed by atoms with Crippen LogP contribution in [0.15, 0.2) is 80.6 Å². The molecule has 0 fully saturated rings. The van der Waals surface area contributed by atoms with Gasteiger partial charge in [0.25, 0.3) is 0 Å². The molecule has 1 heterocycles. The van der Waals surface area contributed by atoms with Crippen molar-refractivity contribution in [2.75, 3.05) is 0 Å². The largest absolute Gasteiger partial charge is 0.479 e. The molecule has 4 nitrogen and oxygen atoms in total. The predicted molar refractivity (Wildman–Crippen MR) is 103 cm³/mol. The minimum absolute atomic E-state index is 0.251.